The van der Waals surface area contributed by atoms with Gasteiger partial charge in [-0.05, 0) is 38.5 Å². The Bertz CT molecular complexity index is 874. The maximum atomic E-state index is 12.4. The van der Waals surface area contributed by atoms with E-state index < -0.39 is 28.0 Å². The van der Waals surface area contributed by atoms with E-state index in [2.05, 4.69) is 61.7 Å². The normalized spacial score (nSPS) is 14.3. The Morgan fingerprint density at radius 2 is 1.07 bits per heavy atom. The Kier molecular flexibility index (Phi) is 26.8. The van der Waals surface area contributed by atoms with Crippen LogP contribution in [0.4, 0.5) is 0 Å². The summed E-state index contributed by atoms with van der Waals surface area (Å²) in [6, 6.07) is -1.02. The van der Waals surface area contributed by atoms with Crippen LogP contribution in [0.2, 0.25) is 0 Å². The number of hydrogen-bond acceptors (Lipinski definition) is 4. The molecule has 0 aromatic heterocycles. The average molecular weight is 594 g/mol. The van der Waals surface area contributed by atoms with Crippen LogP contribution in [-0.4, -0.2) is 41.9 Å². The summed E-state index contributed by atoms with van der Waals surface area (Å²) >= 11 is 0. The molecule has 0 rings (SSSR count). The van der Waals surface area contributed by atoms with Crippen molar-refractivity contribution in [1.82, 2.24) is 5.32 Å². The molecule has 0 radical (unpaired) electrons. The first-order valence-corrected chi connectivity index (χ1v) is 17.6. The lowest BCUT2D eigenvalue weighted by Gasteiger charge is -2.23. The number of unbranched alkanes of at least 4 members (excludes halogenated alkanes) is 10. The summed E-state index contributed by atoms with van der Waals surface area (Å²) in [4.78, 5) is 12.4. The van der Waals surface area contributed by atoms with Gasteiger partial charge in [0.1, 0.15) is 0 Å². The lowest BCUT2D eigenvalue weighted by molar-refractivity contribution is -0.121. The first kappa shape index (κ1) is 39.0. The molecule has 1 amide bonds. The second-order valence-corrected chi connectivity index (χ2v) is 12.2. The van der Waals surface area contributed by atoms with Crippen LogP contribution >= 0.6 is 0 Å². The molecule has 6 nitrogen and oxygen atoms in total. The monoisotopic (exact) mass is 593 g/mol. The van der Waals surface area contributed by atoms with Crippen molar-refractivity contribution >= 4 is 16.0 Å². The van der Waals surface area contributed by atoms with E-state index in [1.165, 1.54) is 51.4 Å². The van der Waals surface area contributed by atoms with Crippen molar-refractivity contribution in [3.05, 3.63) is 60.8 Å². The summed E-state index contributed by atoms with van der Waals surface area (Å²) in [5.74, 6) is -1.07. The fourth-order valence-corrected chi connectivity index (χ4v) is 5.16. The molecule has 0 bridgehead atoms. The highest BCUT2D eigenvalue weighted by Crippen LogP contribution is 2.14. The minimum Gasteiger partial charge on any atom is -0.391 e. The Morgan fingerprint density at radius 3 is 1.51 bits per heavy atom. The predicted molar refractivity (Wildman–Crippen MR) is 175 cm³/mol. The van der Waals surface area contributed by atoms with E-state index in [-0.39, 0.29) is 12.3 Å². The molecule has 0 heterocycles. The summed E-state index contributed by atoms with van der Waals surface area (Å²) in [5.41, 5.74) is 0. The van der Waals surface area contributed by atoms with Gasteiger partial charge in [-0.25, -0.2) is 0 Å². The van der Waals surface area contributed by atoms with Gasteiger partial charge in [-0.2, -0.15) is 8.42 Å². The summed E-state index contributed by atoms with van der Waals surface area (Å²) < 4.78 is 32.2. The standard InChI is InChI=1S/C34H59NO5S/c1-3-5-7-9-11-13-15-16-17-18-20-22-24-26-28-30-34(37)35-32(31-41(38,39)40)33(36)29-27-25-23-21-19-14-12-10-8-6-4-2/h5,7,11,13,16-17,20,22,26,28,32-33,36H,3-4,6,8-10,12,14-15,18-19,21,23-25,27,29-31H2,1-2H3,(H,35,37)(H,38,39,40)/b7-5-,13-11-,17-16-,22-20-,28-26-. The minimum absolute atomic E-state index is 0.0840. The summed E-state index contributed by atoms with van der Waals surface area (Å²) in [7, 11) is -4.33. The molecule has 0 aliphatic rings. The van der Waals surface area contributed by atoms with Gasteiger partial charge in [0.2, 0.25) is 5.91 Å². The number of rotatable bonds is 27. The van der Waals surface area contributed by atoms with Crippen molar-refractivity contribution < 1.29 is 22.9 Å². The zero-order valence-electron chi connectivity index (χ0n) is 25.9. The molecule has 0 fully saturated rings. The quantitative estimate of drug-likeness (QED) is 0.0503. The third-order valence-corrected chi connectivity index (χ3v) is 7.55. The number of allylic oxidation sites excluding steroid dienone is 9. The van der Waals surface area contributed by atoms with Gasteiger partial charge in [0.05, 0.1) is 17.9 Å². The minimum atomic E-state index is -4.33. The molecule has 236 valence electrons. The largest absolute Gasteiger partial charge is 0.391 e. The first-order valence-electron chi connectivity index (χ1n) is 16.0. The molecule has 0 saturated heterocycles. The van der Waals surface area contributed by atoms with E-state index >= 15 is 0 Å². The van der Waals surface area contributed by atoms with Crippen molar-refractivity contribution in [3.63, 3.8) is 0 Å². The highest BCUT2D eigenvalue weighted by molar-refractivity contribution is 7.85. The van der Waals surface area contributed by atoms with Gasteiger partial charge < -0.3 is 10.4 Å². The van der Waals surface area contributed by atoms with Gasteiger partial charge in [0.15, 0.2) is 0 Å². The lowest BCUT2D eigenvalue weighted by atomic mass is 10.0. The highest BCUT2D eigenvalue weighted by atomic mass is 32.2. The molecule has 0 aliphatic heterocycles. The van der Waals surface area contributed by atoms with Crippen molar-refractivity contribution in [2.75, 3.05) is 5.75 Å². The smallest absolute Gasteiger partial charge is 0.266 e. The van der Waals surface area contributed by atoms with E-state index in [9.17, 15) is 22.9 Å². The molecule has 0 aromatic rings. The third-order valence-electron chi connectivity index (χ3n) is 6.77. The first-order chi connectivity index (χ1) is 19.8. The van der Waals surface area contributed by atoms with Gasteiger partial charge in [-0.3, -0.25) is 9.35 Å². The fraction of sp³-hybridized carbons (Fsp3) is 0.676. The number of hydrogen-bond donors (Lipinski definition) is 3. The van der Waals surface area contributed by atoms with Crippen molar-refractivity contribution in [2.45, 2.75) is 142 Å². The molecule has 0 aliphatic carbocycles. The second kappa shape index (κ2) is 28.2. The lowest BCUT2D eigenvalue weighted by Crippen LogP contribution is -2.47. The fourth-order valence-electron chi connectivity index (χ4n) is 4.40. The van der Waals surface area contributed by atoms with Crippen LogP contribution in [0.5, 0.6) is 0 Å². The van der Waals surface area contributed by atoms with E-state index in [1.54, 1.807) is 6.08 Å². The zero-order valence-corrected chi connectivity index (χ0v) is 26.7. The topological polar surface area (TPSA) is 104 Å². The number of carbonyl (C=O) groups is 1. The summed E-state index contributed by atoms with van der Waals surface area (Å²) in [6.45, 7) is 4.35. The Morgan fingerprint density at radius 1 is 0.659 bits per heavy atom. The predicted octanol–water partition coefficient (Wildman–Crippen LogP) is 8.56. The van der Waals surface area contributed by atoms with Gasteiger partial charge in [0.25, 0.3) is 10.1 Å². The van der Waals surface area contributed by atoms with Gasteiger partial charge in [-0.1, -0.05) is 145 Å². The van der Waals surface area contributed by atoms with Gasteiger partial charge in [0, 0.05) is 6.42 Å². The molecular weight excluding hydrogens is 534 g/mol. The van der Waals surface area contributed by atoms with Crippen LogP contribution in [0, 0.1) is 0 Å². The van der Waals surface area contributed by atoms with Crippen molar-refractivity contribution in [1.29, 1.82) is 0 Å². The van der Waals surface area contributed by atoms with Crippen LogP contribution in [0.15, 0.2) is 60.8 Å². The Balaban J connectivity index is 4.20. The zero-order chi connectivity index (χ0) is 30.4. The van der Waals surface area contributed by atoms with Crippen LogP contribution in [0.3, 0.4) is 0 Å². The second-order valence-electron chi connectivity index (χ2n) is 10.7. The van der Waals surface area contributed by atoms with E-state index in [0.717, 1.165) is 44.9 Å². The molecule has 0 saturated carbocycles. The average Bonchev–Trinajstić information content (AvgIpc) is 2.92. The number of nitrogens with one attached hydrogen (secondary N) is 1. The maximum Gasteiger partial charge on any atom is 0.266 e. The molecule has 41 heavy (non-hydrogen) atoms. The molecule has 0 aromatic carbocycles. The highest BCUT2D eigenvalue weighted by Gasteiger charge is 2.25. The number of aliphatic hydroxyl groups is 1. The number of carbonyl (C=O) groups excluding carboxylic acids is 1. The van der Waals surface area contributed by atoms with Crippen molar-refractivity contribution in [3.8, 4) is 0 Å². The van der Waals surface area contributed by atoms with Crippen molar-refractivity contribution in [2.24, 2.45) is 0 Å². The van der Waals surface area contributed by atoms with E-state index in [0.29, 0.717) is 12.8 Å². The molecular formula is C34H59NO5S. The third kappa shape index (κ3) is 29.3. The molecule has 3 N–H and O–H groups in total. The molecule has 7 heteroatoms. The van der Waals surface area contributed by atoms with Crippen LogP contribution < -0.4 is 5.32 Å². The van der Waals surface area contributed by atoms with E-state index in [4.69, 9.17) is 0 Å². The summed E-state index contributed by atoms with van der Waals surface area (Å²) in [5, 5.41) is 13.1. The van der Waals surface area contributed by atoms with Gasteiger partial charge >= 0.3 is 0 Å². The SMILES string of the molecule is CC/C=C\C/C=C\C/C=C\C/C=C\C/C=C\CC(=O)NC(CS(=O)(=O)O)C(O)CCCCCCCCCCCCC. The molecule has 0 spiro atoms. The number of amides is 1. The van der Waals surface area contributed by atoms with E-state index in [1.807, 2.05) is 12.2 Å². The van der Waals surface area contributed by atoms with Crippen LogP contribution in [0.1, 0.15) is 129 Å². The van der Waals surface area contributed by atoms with Crippen LogP contribution in [-0.2, 0) is 14.9 Å². The Labute approximate surface area is 251 Å². The molecule has 2 atom stereocenters. The number of aliphatic hydroxyl groups excluding tert-OH is 1. The maximum absolute atomic E-state index is 12.4. The molecule has 2 unspecified atom stereocenters. The Hall–Kier alpha value is -1.96. The van der Waals surface area contributed by atoms with Crippen LogP contribution in [0.25, 0.3) is 0 Å². The summed E-state index contributed by atoms with van der Waals surface area (Å²) in [6.07, 6.45) is 37.6. The van der Waals surface area contributed by atoms with Gasteiger partial charge in [-0.15, -0.1) is 0 Å².